The van der Waals surface area contributed by atoms with Gasteiger partial charge in [0.25, 0.3) is 0 Å². The number of nitriles is 1. The van der Waals surface area contributed by atoms with E-state index >= 15 is 0 Å². The quantitative estimate of drug-likeness (QED) is 0.765. The molecule has 0 aliphatic rings. The van der Waals surface area contributed by atoms with Crippen LogP contribution in [0.1, 0.15) is 24.0 Å². The fraction of sp³-hybridized carbons (Fsp3) is 0.273. The number of thiocarbonyl (C=S) groups is 1. The maximum Gasteiger partial charge on any atom is 0.0991 e. The van der Waals surface area contributed by atoms with Crippen molar-refractivity contribution in [2.24, 2.45) is 5.73 Å². The number of aryl methyl sites for hydroxylation is 1. The fourth-order valence-corrected chi connectivity index (χ4v) is 1.36. The zero-order valence-electron chi connectivity index (χ0n) is 7.86. The molecule has 3 heteroatoms. The minimum absolute atomic E-state index is 0.568. The lowest BCUT2D eigenvalue weighted by atomic mass is 10.1. The first kappa shape index (κ1) is 10.7. The van der Waals surface area contributed by atoms with Crippen molar-refractivity contribution in [1.29, 1.82) is 5.26 Å². The highest BCUT2D eigenvalue weighted by molar-refractivity contribution is 7.80. The Kier molecular flexibility index (Phi) is 4.09. The number of hydrogen-bond acceptors (Lipinski definition) is 2. The van der Waals surface area contributed by atoms with Crippen molar-refractivity contribution in [3.05, 3.63) is 35.4 Å². The molecule has 72 valence electrons. The minimum atomic E-state index is 0.568. The lowest BCUT2D eigenvalue weighted by molar-refractivity contribution is 0.868. The summed E-state index contributed by atoms with van der Waals surface area (Å²) in [7, 11) is 0. The Morgan fingerprint density at radius 1 is 1.36 bits per heavy atom. The molecule has 0 saturated heterocycles. The lowest BCUT2D eigenvalue weighted by Gasteiger charge is -2.00. The highest BCUT2D eigenvalue weighted by Crippen LogP contribution is 2.07. The van der Waals surface area contributed by atoms with Crippen LogP contribution in [0.15, 0.2) is 24.3 Å². The third-order valence-corrected chi connectivity index (χ3v) is 2.18. The van der Waals surface area contributed by atoms with Gasteiger partial charge in [-0.2, -0.15) is 5.26 Å². The first-order valence-corrected chi connectivity index (χ1v) is 4.90. The Labute approximate surface area is 89.3 Å². The summed E-state index contributed by atoms with van der Waals surface area (Å²) in [6.45, 7) is 0. The zero-order valence-corrected chi connectivity index (χ0v) is 8.68. The van der Waals surface area contributed by atoms with Crippen molar-refractivity contribution in [2.45, 2.75) is 19.3 Å². The number of nitrogens with two attached hydrogens (primary N) is 1. The van der Waals surface area contributed by atoms with Gasteiger partial charge in [-0.15, -0.1) is 0 Å². The van der Waals surface area contributed by atoms with E-state index in [4.69, 9.17) is 23.2 Å². The Bertz CT molecular complexity index is 349. The molecule has 2 N–H and O–H groups in total. The van der Waals surface area contributed by atoms with Gasteiger partial charge in [0.15, 0.2) is 0 Å². The topological polar surface area (TPSA) is 49.8 Å². The fourth-order valence-electron chi connectivity index (χ4n) is 1.21. The molecule has 1 rings (SSSR count). The first-order valence-electron chi connectivity index (χ1n) is 4.49. The van der Waals surface area contributed by atoms with Crippen molar-refractivity contribution in [2.75, 3.05) is 0 Å². The highest BCUT2D eigenvalue weighted by Gasteiger charge is 1.95. The van der Waals surface area contributed by atoms with Gasteiger partial charge in [0, 0.05) is 0 Å². The summed E-state index contributed by atoms with van der Waals surface area (Å²) in [5.41, 5.74) is 7.31. The second kappa shape index (κ2) is 5.36. The van der Waals surface area contributed by atoms with Crippen LogP contribution in [0.25, 0.3) is 0 Å². The largest absolute Gasteiger partial charge is 0.393 e. The maximum absolute atomic E-state index is 8.59. The normalized spacial score (nSPS) is 9.36. The van der Waals surface area contributed by atoms with E-state index in [1.165, 1.54) is 5.56 Å². The Balaban J connectivity index is 2.45. The second-order valence-corrected chi connectivity index (χ2v) is 3.65. The minimum Gasteiger partial charge on any atom is -0.393 e. The molecule has 1 aromatic rings. The van der Waals surface area contributed by atoms with E-state index < -0.39 is 0 Å². The summed E-state index contributed by atoms with van der Waals surface area (Å²) in [6, 6.07) is 9.69. The monoisotopic (exact) mass is 204 g/mol. The van der Waals surface area contributed by atoms with E-state index in [0.717, 1.165) is 19.3 Å². The molecule has 0 aromatic heterocycles. The van der Waals surface area contributed by atoms with Crippen LogP contribution in [-0.4, -0.2) is 4.99 Å². The Hall–Kier alpha value is -1.40. The third kappa shape index (κ3) is 3.55. The molecule has 1 aromatic carbocycles. The molecular formula is C11H12N2S. The first-order chi connectivity index (χ1) is 6.72. The van der Waals surface area contributed by atoms with Crippen LogP contribution in [0.2, 0.25) is 0 Å². The molecule has 14 heavy (non-hydrogen) atoms. The molecule has 0 heterocycles. The predicted molar refractivity (Wildman–Crippen MR) is 60.9 cm³/mol. The van der Waals surface area contributed by atoms with Crippen molar-refractivity contribution in [1.82, 2.24) is 0 Å². The summed E-state index contributed by atoms with van der Waals surface area (Å²) >= 11 is 4.79. The van der Waals surface area contributed by atoms with Crippen LogP contribution in [0, 0.1) is 11.3 Å². The maximum atomic E-state index is 8.59. The van der Waals surface area contributed by atoms with Gasteiger partial charge in [0.2, 0.25) is 0 Å². The molecule has 0 aliphatic heterocycles. The molecule has 0 bridgehead atoms. The van der Waals surface area contributed by atoms with Gasteiger partial charge in [-0.05, 0) is 37.0 Å². The van der Waals surface area contributed by atoms with Crippen LogP contribution in [0.3, 0.4) is 0 Å². The average Bonchev–Trinajstić information content (AvgIpc) is 2.18. The lowest BCUT2D eigenvalue weighted by Crippen LogP contribution is -2.07. The van der Waals surface area contributed by atoms with Crippen LogP contribution in [0.5, 0.6) is 0 Å². The summed E-state index contributed by atoms with van der Waals surface area (Å²) in [5.74, 6) is 0. The number of nitrogens with zero attached hydrogens (tertiary/aromatic N) is 1. The third-order valence-electron chi connectivity index (χ3n) is 1.97. The van der Waals surface area contributed by atoms with Crippen molar-refractivity contribution >= 4 is 17.2 Å². The predicted octanol–water partition coefficient (Wildman–Crippen LogP) is 2.17. The van der Waals surface area contributed by atoms with Gasteiger partial charge >= 0.3 is 0 Å². The van der Waals surface area contributed by atoms with Gasteiger partial charge in [-0.25, -0.2) is 0 Å². The van der Waals surface area contributed by atoms with Crippen LogP contribution < -0.4 is 5.73 Å². The zero-order chi connectivity index (χ0) is 10.4. The van der Waals surface area contributed by atoms with Crippen LogP contribution in [-0.2, 0) is 6.42 Å². The van der Waals surface area contributed by atoms with E-state index in [1.54, 1.807) is 0 Å². The molecule has 0 amide bonds. The standard InChI is InChI=1S/C11H12N2S/c12-8-10-6-4-9(5-7-10)2-1-3-11(13)14/h4-7H,1-3H2,(H2,13,14). The molecule has 0 spiro atoms. The summed E-state index contributed by atoms with van der Waals surface area (Å²) in [5, 5.41) is 8.59. The summed E-state index contributed by atoms with van der Waals surface area (Å²) in [6.07, 6.45) is 2.72. The molecule has 2 nitrogen and oxygen atoms in total. The molecule has 0 aliphatic carbocycles. The number of hydrogen-bond donors (Lipinski definition) is 1. The molecule has 0 saturated carbocycles. The van der Waals surface area contributed by atoms with Crippen molar-refractivity contribution < 1.29 is 0 Å². The Morgan fingerprint density at radius 3 is 2.50 bits per heavy atom. The van der Waals surface area contributed by atoms with E-state index in [9.17, 15) is 0 Å². The Morgan fingerprint density at radius 2 is 2.00 bits per heavy atom. The van der Waals surface area contributed by atoms with Crippen molar-refractivity contribution in [3.63, 3.8) is 0 Å². The molecule has 0 fully saturated rings. The number of benzene rings is 1. The van der Waals surface area contributed by atoms with E-state index in [0.29, 0.717) is 10.6 Å². The van der Waals surface area contributed by atoms with Gasteiger partial charge in [0.05, 0.1) is 16.6 Å². The van der Waals surface area contributed by atoms with Crippen LogP contribution >= 0.6 is 12.2 Å². The summed E-state index contributed by atoms with van der Waals surface area (Å²) < 4.78 is 0. The molecule has 0 radical (unpaired) electrons. The molecule has 0 unspecified atom stereocenters. The van der Waals surface area contributed by atoms with E-state index in [1.807, 2.05) is 24.3 Å². The van der Waals surface area contributed by atoms with Crippen molar-refractivity contribution in [3.8, 4) is 6.07 Å². The second-order valence-electron chi connectivity index (χ2n) is 3.13. The smallest absolute Gasteiger partial charge is 0.0991 e. The number of rotatable bonds is 4. The van der Waals surface area contributed by atoms with E-state index in [2.05, 4.69) is 6.07 Å². The van der Waals surface area contributed by atoms with Gasteiger partial charge in [-0.1, -0.05) is 24.4 Å². The van der Waals surface area contributed by atoms with Gasteiger partial charge in [-0.3, -0.25) is 0 Å². The van der Waals surface area contributed by atoms with E-state index in [-0.39, 0.29) is 0 Å². The molecule has 0 atom stereocenters. The van der Waals surface area contributed by atoms with Crippen LogP contribution in [0.4, 0.5) is 0 Å². The summed E-state index contributed by atoms with van der Waals surface area (Å²) in [4.78, 5) is 0.568. The molecular weight excluding hydrogens is 192 g/mol. The average molecular weight is 204 g/mol. The SMILES string of the molecule is N#Cc1ccc(CCCC(N)=S)cc1. The van der Waals surface area contributed by atoms with Gasteiger partial charge in [0.1, 0.15) is 0 Å². The highest BCUT2D eigenvalue weighted by atomic mass is 32.1. The van der Waals surface area contributed by atoms with Gasteiger partial charge < -0.3 is 5.73 Å².